The number of thioether (sulfide) groups is 1. The summed E-state index contributed by atoms with van der Waals surface area (Å²) in [5.41, 5.74) is 3.14. The molecule has 4 heteroatoms. The lowest BCUT2D eigenvalue weighted by atomic mass is 10.2. The van der Waals surface area contributed by atoms with E-state index in [2.05, 4.69) is 28.6 Å². The van der Waals surface area contributed by atoms with Gasteiger partial charge in [-0.25, -0.2) is 4.98 Å². The Balaban J connectivity index is 1.92. The van der Waals surface area contributed by atoms with E-state index >= 15 is 0 Å². The second kappa shape index (κ2) is 5.32. The Kier molecular flexibility index (Phi) is 4.05. The zero-order valence-corrected chi connectivity index (χ0v) is 11.0. The molecular weight excluding hydrogens is 224 g/mol. The van der Waals surface area contributed by atoms with Gasteiger partial charge in [-0.15, -0.1) is 11.3 Å². The van der Waals surface area contributed by atoms with Crippen LogP contribution >= 0.6 is 23.1 Å². The highest BCUT2D eigenvalue weighted by Crippen LogP contribution is 2.32. The van der Waals surface area contributed by atoms with Gasteiger partial charge < -0.3 is 0 Å². The van der Waals surface area contributed by atoms with Crippen molar-refractivity contribution in [1.29, 1.82) is 0 Å². The van der Waals surface area contributed by atoms with E-state index in [1.165, 1.54) is 25.0 Å². The molecule has 0 saturated heterocycles. The minimum absolute atomic E-state index is 0.752. The molecule has 0 radical (unpaired) electrons. The molecule has 0 aliphatic heterocycles. The van der Waals surface area contributed by atoms with E-state index in [1.54, 1.807) is 11.3 Å². The molecule has 0 spiro atoms. The van der Waals surface area contributed by atoms with Crippen molar-refractivity contribution in [3.63, 3.8) is 0 Å². The van der Waals surface area contributed by atoms with E-state index in [0.717, 1.165) is 17.8 Å². The van der Waals surface area contributed by atoms with Crippen molar-refractivity contribution in [3.8, 4) is 0 Å². The first-order valence-corrected chi connectivity index (χ1v) is 7.64. The maximum Gasteiger partial charge on any atom is 0.0795 e. The van der Waals surface area contributed by atoms with Crippen LogP contribution in [0.5, 0.6) is 0 Å². The summed E-state index contributed by atoms with van der Waals surface area (Å²) in [5, 5.41) is 2.98. The van der Waals surface area contributed by atoms with Crippen LogP contribution in [0.3, 0.4) is 0 Å². The van der Waals surface area contributed by atoms with E-state index in [4.69, 9.17) is 0 Å². The van der Waals surface area contributed by atoms with Crippen molar-refractivity contribution in [1.82, 2.24) is 9.88 Å². The molecular formula is C11H18N2S2. The summed E-state index contributed by atoms with van der Waals surface area (Å²) in [4.78, 5) is 6.82. The van der Waals surface area contributed by atoms with Crippen LogP contribution in [0.25, 0.3) is 0 Å². The first kappa shape index (κ1) is 11.4. The minimum atomic E-state index is 0.752. The van der Waals surface area contributed by atoms with Gasteiger partial charge in [-0.1, -0.05) is 6.42 Å². The summed E-state index contributed by atoms with van der Waals surface area (Å²) in [6, 6.07) is 0.752. The minimum Gasteiger partial charge on any atom is -0.296 e. The monoisotopic (exact) mass is 242 g/mol. The molecule has 1 aliphatic carbocycles. The predicted octanol–water partition coefficient (Wildman–Crippen LogP) is 2.86. The first-order chi connectivity index (χ1) is 7.31. The fourth-order valence-electron chi connectivity index (χ4n) is 2.37. The number of thiazole rings is 1. The zero-order valence-electron chi connectivity index (χ0n) is 9.35. The standard InChI is InChI=1S/C11H18N2S2/c1-13(6-9-7-15-8-12-9)10-4-3-5-11(10)14-2/h7-8,10-11H,3-6H2,1-2H3/t10-,11-/m0/s1. The number of hydrogen-bond donors (Lipinski definition) is 0. The Morgan fingerprint density at radius 2 is 2.47 bits per heavy atom. The van der Waals surface area contributed by atoms with Crippen molar-refractivity contribution in [2.45, 2.75) is 37.1 Å². The van der Waals surface area contributed by atoms with Crippen molar-refractivity contribution in [2.75, 3.05) is 13.3 Å². The SMILES string of the molecule is CS[C@H]1CCC[C@@H]1N(C)Cc1cscn1. The molecule has 1 saturated carbocycles. The molecule has 2 nitrogen and oxygen atoms in total. The van der Waals surface area contributed by atoms with Gasteiger partial charge in [-0.3, -0.25) is 4.90 Å². The molecule has 0 unspecified atom stereocenters. The van der Waals surface area contributed by atoms with Crippen molar-refractivity contribution < 1.29 is 0 Å². The van der Waals surface area contributed by atoms with Crippen LogP contribution in [0, 0.1) is 0 Å². The van der Waals surface area contributed by atoms with E-state index in [9.17, 15) is 0 Å². The third-order valence-electron chi connectivity index (χ3n) is 3.18. The Bertz CT molecular complexity index is 287. The summed E-state index contributed by atoms with van der Waals surface area (Å²) in [5.74, 6) is 0. The van der Waals surface area contributed by atoms with Crippen LogP contribution in [0.2, 0.25) is 0 Å². The number of rotatable bonds is 4. The lowest BCUT2D eigenvalue weighted by molar-refractivity contribution is 0.239. The molecule has 2 atom stereocenters. The topological polar surface area (TPSA) is 16.1 Å². The first-order valence-electron chi connectivity index (χ1n) is 5.41. The molecule has 15 heavy (non-hydrogen) atoms. The fraction of sp³-hybridized carbons (Fsp3) is 0.727. The molecule has 1 aromatic heterocycles. The van der Waals surface area contributed by atoms with Crippen LogP contribution in [0.1, 0.15) is 25.0 Å². The molecule has 0 amide bonds. The molecule has 0 bridgehead atoms. The maximum absolute atomic E-state index is 4.35. The number of hydrogen-bond acceptors (Lipinski definition) is 4. The number of nitrogens with zero attached hydrogens (tertiary/aromatic N) is 2. The summed E-state index contributed by atoms with van der Waals surface area (Å²) in [6.07, 6.45) is 6.36. The van der Waals surface area contributed by atoms with Gasteiger partial charge in [-0.05, 0) is 26.1 Å². The van der Waals surface area contributed by atoms with Crippen LogP contribution in [-0.4, -0.2) is 34.5 Å². The van der Waals surface area contributed by atoms with Gasteiger partial charge in [0.25, 0.3) is 0 Å². The normalized spacial score (nSPS) is 26.3. The van der Waals surface area contributed by atoms with E-state index < -0.39 is 0 Å². The summed E-state index contributed by atoms with van der Waals surface area (Å²) in [6.45, 7) is 1.01. The molecule has 0 aromatic carbocycles. The van der Waals surface area contributed by atoms with Gasteiger partial charge in [0.05, 0.1) is 11.2 Å². The smallest absolute Gasteiger partial charge is 0.0795 e. The highest BCUT2D eigenvalue weighted by Gasteiger charge is 2.29. The summed E-state index contributed by atoms with van der Waals surface area (Å²) >= 11 is 3.71. The third-order valence-corrected chi connectivity index (χ3v) is 4.97. The average Bonchev–Trinajstić information content (AvgIpc) is 2.86. The van der Waals surface area contributed by atoms with Crippen LogP contribution < -0.4 is 0 Å². The fourth-order valence-corrected chi connectivity index (χ4v) is 3.98. The van der Waals surface area contributed by atoms with Gasteiger partial charge in [0.15, 0.2) is 0 Å². The third kappa shape index (κ3) is 2.74. The molecule has 1 fully saturated rings. The molecule has 84 valence electrons. The van der Waals surface area contributed by atoms with Crippen molar-refractivity contribution in [3.05, 3.63) is 16.6 Å². The van der Waals surface area contributed by atoms with Gasteiger partial charge in [0, 0.05) is 23.2 Å². The highest BCUT2D eigenvalue weighted by atomic mass is 32.2. The van der Waals surface area contributed by atoms with Crippen LogP contribution in [0.4, 0.5) is 0 Å². The highest BCUT2D eigenvalue weighted by molar-refractivity contribution is 7.99. The molecule has 1 aliphatic rings. The van der Waals surface area contributed by atoms with Gasteiger partial charge in [-0.2, -0.15) is 11.8 Å². The summed E-state index contributed by atoms with van der Waals surface area (Å²) < 4.78 is 0. The lowest BCUT2D eigenvalue weighted by Crippen LogP contribution is -2.35. The van der Waals surface area contributed by atoms with Crippen molar-refractivity contribution in [2.24, 2.45) is 0 Å². The molecule has 0 N–H and O–H groups in total. The molecule has 1 aromatic rings. The summed E-state index contributed by atoms with van der Waals surface area (Å²) in [7, 11) is 2.23. The second-order valence-corrected chi connectivity index (χ2v) is 5.96. The second-order valence-electron chi connectivity index (χ2n) is 4.17. The van der Waals surface area contributed by atoms with Crippen LogP contribution in [0.15, 0.2) is 10.9 Å². The van der Waals surface area contributed by atoms with E-state index in [0.29, 0.717) is 0 Å². The Hall–Kier alpha value is -0.0600. The molecule has 2 rings (SSSR count). The maximum atomic E-state index is 4.35. The van der Waals surface area contributed by atoms with E-state index in [-0.39, 0.29) is 0 Å². The zero-order chi connectivity index (χ0) is 10.7. The number of aromatic nitrogens is 1. The largest absolute Gasteiger partial charge is 0.296 e. The molecule has 1 heterocycles. The predicted molar refractivity (Wildman–Crippen MR) is 68.5 cm³/mol. The lowest BCUT2D eigenvalue weighted by Gasteiger charge is -2.28. The van der Waals surface area contributed by atoms with Crippen molar-refractivity contribution >= 4 is 23.1 Å². The van der Waals surface area contributed by atoms with Gasteiger partial charge in [0.2, 0.25) is 0 Å². The quantitative estimate of drug-likeness (QED) is 0.807. The Morgan fingerprint density at radius 1 is 1.60 bits per heavy atom. The Morgan fingerprint density at radius 3 is 3.13 bits per heavy atom. The Labute approximate surface area is 100 Å². The van der Waals surface area contributed by atoms with E-state index in [1.807, 2.05) is 17.3 Å². The average molecular weight is 242 g/mol. The van der Waals surface area contributed by atoms with Gasteiger partial charge >= 0.3 is 0 Å². The van der Waals surface area contributed by atoms with Crippen LogP contribution in [-0.2, 0) is 6.54 Å². The van der Waals surface area contributed by atoms with Gasteiger partial charge in [0.1, 0.15) is 0 Å².